The van der Waals surface area contributed by atoms with Gasteiger partial charge in [-0.2, -0.15) is 0 Å². The summed E-state index contributed by atoms with van der Waals surface area (Å²) in [5, 5.41) is 11.2. The Balaban J connectivity index is 1.79. The molecule has 1 aliphatic carbocycles. The van der Waals surface area contributed by atoms with Gasteiger partial charge >= 0.3 is 0 Å². The fourth-order valence-corrected chi connectivity index (χ4v) is 4.57. The van der Waals surface area contributed by atoms with Crippen LogP contribution in [0.5, 0.6) is 0 Å². The Morgan fingerprint density at radius 3 is 2.53 bits per heavy atom. The van der Waals surface area contributed by atoms with Crippen molar-refractivity contribution in [2.75, 3.05) is 6.54 Å². The summed E-state index contributed by atoms with van der Waals surface area (Å²) in [5.41, 5.74) is 4.12. The largest absolute Gasteiger partial charge is 0.507 e. The number of rotatable bonds is 6. The second kappa shape index (κ2) is 8.82. The topological polar surface area (TPSA) is 70.5 Å². The molecular weight excluding hydrogens is 376 g/mol. The number of Topliss-reactive ketones (excluding diaryl/α,β-unsaturated/α-hetero) is 1. The lowest BCUT2D eigenvalue weighted by molar-refractivity contribution is -0.139. The minimum atomic E-state index is -0.608. The molecule has 2 aliphatic rings. The zero-order chi connectivity index (χ0) is 21.1. The van der Waals surface area contributed by atoms with Gasteiger partial charge in [0.2, 0.25) is 0 Å². The van der Waals surface area contributed by atoms with E-state index in [1.165, 1.54) is 17.5 Å². The van der Waals surface area contributed by atoms with Crippen LogP contribution in [0.15, 0.2) is 48.3 Å². The van der Waals surface area contributed by atoms with Gasteiger partial charge in [-0.25, -0.2) is 0 Å². The number of carbonyl (C=O) groups is 2. The number of aliphatic hydroxyl groups excluding tert-OH is 1. The van der Waals surface area contributed by atoms with Gasteiger partial charge in [-0.05, 0) is 67.0 Å². The van der Waals surface area contributed by atoms with Gasteiger partial charge in [0.1, 0.15) is 5.76 Å². The molecule has 0 spiro atoms. The number of benzene rings is 1. The highest BCUT2D eigenvalue weighted by Gasteiger charge is 2.45. The maximum atomic E-state index is 13.0. The molecule has 1 amide bonds. The Labute approximate surface area is 177 Å². The Bertz CT molecular complexity index is 981. The van der Waals surface area contributed by atoms with Crippen molar-refractivity contribution in [3.8, 4) is 0 Å². The Morgan fingerprint density at radius 1 is 1.07 bits per heavy atom. The molecule has 0 saturated carbocycles. The highest BCUT2D eigenvalue weighted by molar-refractivity contribution is 6.46. The quantitative estimate of drug-likeness (QED) is 0.331. The van der Waals surface area contributed by atoms with Crippen molar-refractivity contribution >= 4 is 17.4 Å². The summed E-state index contributed by atoms with van der Waals surface area (Å²) in [6, 6.07) is 8.93. The van der Waals surface area contributed by atoms with Crippen LogP contribution < -0.4 is 0 Å². The number of aromatic nitrogens is 1. The molecule has 1 unspecified atom stereocenters. The van der Waals surface area contributed by atoms with Gasteiger partial charge in [-0.1, -0.05) is 31.9 Å². The van der Waals surface area contributed by atoms with Crippen molar-refractivity contribution in [1.29, 1.82) is 0 Å². The lowest BCUT2D eigenvalue weighted by Gasteiger charge is -2.25. The zero-order valence-corrected chi connectivity index (χ0v) is 17.4. The molecule has 2 heterocycles. The first kappa shape index (κ1) is 20.3. The minimum Gasteiger partial charge on any atom is -0.507 e. The number of likely N-dealkylation sites (tertiary alicyclic amines) is 1. The predicted octanol–water partition coefficient (Wildman–Crippen LogP) is 4.57. The molecule has 1 aromatic heterocycles. The van der Waals surface area contributed by atoms with Gasteiger partial charge in [0.15, 0.2) is 0 Å². The third-order valence-corrected chi connectivity index (χ3v) is 6.19. The summed E-state index contributed by atoms with van der Waals surface area (Å²) in [5.74, 6) is -1.22. The van der Waals surface area contributed by atoms with Gasteiger partial charge in [0, 0.05) is 24.5 Å². The summed E-state index contributed by atoms with van der Waals surface area (Å²) in [6.45, 7) is 2.59. The molecule has 1 atom stereocenters. The molecule has 1 N–H and O–H groups in total. The number of ketones is 1. The number of carbonyl (C=O) groups excluding carboxylic acids is 2. The second-order valence-corrected chi connectivity index (χ2v) is 8.17. The summed E-state index contributed by atoms with van der Waals surface area (Å²) in [6.07, 6.45) is 10.5. The average Bonchev–Trinajstić information content (AvgIpc) is 3.04. The van der Waals surface area contributed by atoms with E-state index < -0.39 is 17.7 Å². The first-order valence-electron chi connectivity index (χ1n) is 10.9. The van der Waals surface area contributed by atoms with Crippen LogP contribution in [-0.4, -0.2) is 33.2 Å². The van der Waals surface area contributed by atoms with Crippen LogP contribution in [0.1, 0.15) is 67.3 Å². The fourth-order valence-electron chi connectivity index (χ4n) is 4.57. The van der Waals surface area contributed by atoms with E-state index in [-0.39, 0.29) is 11.3 Å². The summed E-state index contributed by atoms with van der Waals surface area (Å²) in [4.78, 5) is 31.6. The maximum Gasteiger partial charge on any atom is 0.295 e. The number of aliphatic hydroxyl groups is 1. The highest BCUT2D eigenvalue weighted by atomic mass is 16.3. The van der Waals surface area contributed by atoms with E-state index in [4.69, 9.17) is 0 Å². The predicted molar refractivity (Wildman–Crippen MR) is 116 cm³/mol. The lowest BCUT2D eigenvalue weighted by atomic mass is 9.89. The number of hydrogen-bond acceptors (Lipinski definition) is 4. The van der Waals surface area contributed by atoms with Gasteiger partial charge in [-0.15, -0.1) is 0 Å². The van der Waals surface area contributed by atoms with Crippen LogP contribution in [0, 0.1) is 0 Å². The van der Waals surface area contributed by atoms with E-state index >= 15 is 0 Å². The number of pyridine rings is 1. The van der Waals surface area contributed by atoms with Crippen molar-refractivity contribution in [1.82, 2.24) is 9.88 Å². The van der Waals surface area contributed by atoms with Crippen LogP contribution >= 0.6 is 0 Å². The molecule has 1 aromatic carbocycles. The molecule has 4 rings (SSSR count). The van der Waals surface area contributed by atoms with E-state index in [0.717, 1.165) is 44.1 Å². The minimum absolute atomic E-state index is 0.0819. The molecule has 5 nitrogen and oxygen atoms in total. The summed E-state index contributed by atoms with van der Waals surface area (Å²) in [7, 11) is 0. The molecule has 2 aromatic rings. The van der Waals surface area contributed by atoms with Crippen molar-refractivity contribution in [3.05, 3.63) is 70.6 Å². The van der Waals surface area contributed by atoms with Crippen molar-refractivity contribution < 1.29 is 14.7 Å². The molecule has 156 valence electrons. The zero-order valence-electron chi connectivity index (χ0n) is 17.4. The van der Waals surface area contributed by atoms with Crippen LogP contribution in [0.3, 0.4) is 0 Å². The Kier molecular flexibility index (Phi) is 5.98. The summed E-state index contributed by atoms with van der Waals surface area (Å²) < 4.78 is 0. The third kappa shape index (κ3) is 3.76. The normalized spacial score (nSPS) is 20.4. The number of nitrogens with zero attached hydrogens (tertiary/aromatic N) is 2. The molecule has 1 aliphatic heterocycles. The Hall–Kier alpha value is -2.95. The van der Waals surface area contributed by atoms with Gasteiger partial charge in [-0.3, -0.25) is 14.6 Å². The standard InChI is InChI=1S/C25H28N2O3/c1-2-3-6-15-27-22(18-11-13-26-14-12-18)21(24(29)25(27)30)23(28)20-10-9-17-7-4-5-8-19(17)16-20/h9-14,16,22,28H,2-8,15H2,1H3/b23-21-. The number of fused-ring (bicyclic) bond motifs is 1. The lowest BCUT2D eigenvalue weighted by Crippen LogP contribution is -2.30. The van der Waals surface area contributed by atoms with Crippen molar-refractivity contribution in [2.45, 2.75) is 57.9 Å². The summed E-state index contributed by atoms with van der Waals surface area (Å²) >= 11 is 0. The molecule has 1 saturated heterocycles. The SMILES string of the molecule is CCCCCN1C(=O)C(=O)/C(=C(\O)c2ccc3c(c2)CCCC3)C1c1ccncc1. The third-order valence-electron chi connectivity index (χ3n) is 6.19. The molecule has 1 fully saturated rings. The molecular formula is C25H28N2O3. The van der Waals surface area contributed by atoms with Crippen LogP contribution in [-0.2, 0) is 22.4 Å². The average molecular weight is 405 g/mol. The van der Waals surface area contributed by atoms with Gasteiger partial charge in [0.05, 0.1) is 11.6 Å². The van der Waals surface area contributed by atoms with Crippen LogP contribution in [0.25, 0.3) is 5.76 Å². The number of hydrogen-bond donors (Lipinski definition) is 1. The van der Waals surface area contributed by atoms with Crippen molar-refractivity contribution in [3.63, 3.8) is 0 Å². The maximum absolute atomic E-state index is 13.0. The first-order valence-corrected chi connectivity index (χ1v) is 10.9. The van der Waals surface area contributed by atoms with Crippen LogP contribution in [0.2, 0.25) is 0 Å². The van der Waals surface area contributed by atoms with E-state index in [1.54, 1.807) is 17.3 Å². The highest BCUT2D eigenvalue weighted by Crippen LogP contribution is 2.39. The second-order valence-electron chi connectivity index (χ2n) is 8.17. The molecule has 30 heavy (non-hydrogen) atoms. The van der Waals surface area contributed by atoms with Gasteiger partial charge < -0.3 is 10.0 Å². The number of aryl methyl sites for hydroxylation is 2. The fraction of sp³-hybridized carbons (Fsp3) is 0.400. The first-order chi connectivity index (χ1) is 14.6. The molecule has 5 heteroatoms. The smallest absolute Gasteiger partial charge is 0.295 e. The monoisotopic (exact) mass is 404 g/mol. The molecule has 0 bridgehead atoms. The van der Waals surface area contributed by atoms with Gasteiger partial charge in [0.25, 0.3) is 11.7 Å². The van der Waals surface area contributed by atoms with Crippen LogP contribution in [0.4, 0.5) is 0 Å². The van der Waals surface area contributed by atoms with Crippen molar-refractivity contribution in [2.24, 2.45) is 0 Å². The van der Waals surface area contributed by atoms with E-state index in [0.29, 0.717) is 12.1 Å². The van der Waals surface area contributed by atoms with E-state index in [1.807, 2.05) is 30.3 Å². The number of unbranched alkanes of at least 4 members (excludes halogenated alkanes) is 2. The Morgan fingerprint density at radius 2 is 1.80 bits per heavy atom. The number of amides is 1. The molecule has 0 radical (unpaired) electrons. The van der Waals surface area contributed by atoms with E-state index in [2.05, 4.69) is 11.9 Å². The van der Waals surface area contributed by atoms with E-state index in [9.17, 15) is 14.7 Å².